The fourth-order valence-corrected chi connectivity index (χ4v) is 3.88. The molecule has 0 radical (unpaired) electrons. The second kappa shape index (κ2) is 5.36. The van der Waals surface area contributed by atoms with Gasteiger partial charge in [-0.1, -0.05) is 18.2 Å². The summed E-state index contributed by atoms with van der Waals surface area (Å²) in [6, 6.07) is 7.86. The highest BCUT2D eigenvalue weighted by molar-refractivity contribution is 7.89. The highest BCUT2D eigenvalue weighted by atomic mass is 32.2. The molecule has 6 heteroatoms. The first-order valence-electron chi connectivity index (χ1n) is 5.80. The quantitative estimate of drug-likeness (QED) is 0.864. The van der Waals surface area contributed by atoms with Gasteiger partial charge in [0, 0.05) is 13.7 Å². The Labute approximate surface area is 107 Å². The fourth-order valence-electron chi connectivity index (χ4n) is 2.20. The largest absolute Gasteiger partial charge is 0.395 e. The van der Waals surface area contributed by atoms with Crippen molar-refractivity contribution in [1.29, 1.82) is 0 Å². The van der Waals surface area contributed by atoms with E-state index in [1.807, 2.05) is 0 Å². The lowest BCUT2D eigenvalue weighted by Crippen LogP contribution is -2.37. The van der Waals surface area contributed by atoms with E-state index in [9.17, 15) is 13.5 Å². The number of methoxy groups -OCH3 is 1. The maximum Gasteiger partial charge on any atom is 0.243 e. The average Bonchev–Trinajstić information content (AvgIpc) is 2.84. The second-order valence-electron chi connectivity index (χ2n) is 4.32. The molecule has 1 heterocycles. The first kappa shape index (κ1) is 13.5. The number of aliphatic hydroxyl groups excluding tert-OH is 1. The Morgan fingerprint density at radius 2 is 2.06 bits per heavy atom. The summed E-state index contributed by atoms with van der Waals surface area (Å²) in [4.78, 5) is 0.250. The fraction of sp³-hybridized carbons (Fsp3) is 0.500. The summed E-state index contributed by atoms with van der Waals surface area (Å²) in [5, 5.41) is 9.30. The van der Waals surface area contributed by atoms with Crippen LogP contribution in [0.15, 0.2) is 35.2 Å². The smallest absolute Gasteiger partial charge is 0.243 e. The van der Waals surface area contributed by atoms with E-state index < -0.39 is 16.1 Å². The Morgan fingerprint density at radius 1 is 1.39 bits per heavy atom. The molecule has 0 aliphatic carbocycles. The Kier molecular flexibility index (Phi) is 4.01. The molecule has 18 heavy (non-hydrogen) atoms. The van der Waals surface area contributed by atoms with Crippen molar-refractivity contribution in [3.8, 4) is 0 Å². The maximum absolute atomic E-state index is 12.4. The van der Waals surface area contributed by atoms with Crippen molar-refractivity contribution in [2.45, 2.75) is 23.5 Å². The van der Waals surface area contributed by atoms with Gasteiger partial charge in [-0.3, -0.25) is 0 Å². The molecule has 2 atom stereocenters. The van der Waals surface area contributed by atoms with Crippen LogP contribution < -0.4 is 0 Å². The van der Waals surface area contributed by atoms with Gasteiger partial charge in [0.25, 0.3) is 0 Å². The summed E-state index contributed by atoms with van der Waals surface area (Å²) in [5.74, 6) is 0. The van der Waals surface area contributed by atoms with Crippen LogP contribution >= 0.6 is 0 Å². The molecule has 100 valence electrons. The summed E-state index contributed by atoms with van der Waals surface area (Å²) in [5.41, 5.74) is 0. The molecular formula is C12H17NO4S. The number of benzene rings is 1. The molecule has 0 aromatic heterocycles. The Bertz CT molecular complexity index is 488. The van der Waals surface area contributed by atoms with Crippen molar-refractivity contribution in [1.82, 2.24) is 4.31 Å². The SMILES string of the molecule is CO[C@H]1C[C@@H](CO)N(S(=O)(=O)c2ccccc2)C1. The molecule has 1 N–H and O–H groups in total. The lowest BCUT2D eigenvalue weighted by Gasteiger charge is -2.22. The monoisotopic (exact) mass is 271 g/mol. The van der Waals surface area contributed by atoms with Gasteiger partial charge >= 0.3 is 0 Å². The van der Waals surface area contributed by atoms with E-state index in [0.29, 0.717) is 13.0 Å². The van der Waals surface area contributed by atoms with Crippen molar-refractivity contribution in [3.63, 3.8) is 0 Å². The van der Waals surface area contributed by atoms with Gasteiger partial charge in [0.15, 0.2) is 0 Å². The Balaban J connectivity index is 2.30. The van der Waals surface area contributed by atoms with Gasteiger partial charge in [0.2, 0.25) is 10.0 Å². The van der Waals surface area contributed by atoms with Crippen LogP contribution in [-0.2, 0) is 14.8 Å². The van der Waals surface area contributed by atoms with Crippen molar-refractivity contribution in [3.05, 3.63) is 30.3 Å². The Hall–Kier alpha value is -0.950. The number of rotatable bonds is 4. The molecule has 0 unspecified atom stereocenters. The van der Waals surface area contributed by atoms with Crippen LogP contribution in [0.2, 0.25) is 0 Å². The third kappa shape index (κ3) is 2.42. The number of nitrogens with zero attached hydrogens (tertiary/aromatic N) is 1. The number of ether oxygens (including phenoxy) is 1. The van der Waals surface area contributed by atoms with Gasteiger partial charge in [-0.25, -0.2) is 8.42 Å². The average molecular weight is 271 g/mol. The van der Waals surface area contributed by atoms with Crippen molar-refractivity contribution >= 4 is 10.0 Å². The van der Waals surface area contributed by atoms with Gasteiger partial charge in [-0.2, -0.15) is 4.31 Å². The molecule has 1 aliphatic heterocycles. The minimum atomic E-state index is -3.55. The van der Waals surface area contributed by atoms with Crippen LogP contribution in [0.3, 0.4) is 0 Å². The summed E-state index contributed by atoms with van der Waals surface area (Å²) in [6.45, 7) is 0.102. The number of sulfonamides is 1. The van der Waals surface area contributed by atoms with Gasteiger partial charge in [-0.15, -0.1) is 0 Å². The summed E-state index contributed by atoms with van der Waals surface area (Å²) < 4.78 is 31.4. The van der Waals surface area contributed by atoms with Crippen LogP contribution in [0.5, 0.6) is 0 Å². The molecule has 0 amide bonds. The molecule has 2 rings (SSSR count). The molecular weight excluding hydrogens is 254 g/mol. The van der Waals surface area contributed by atoms with Gasteiger partial charge < -0.3 is 9.84 Å². The zero-order valence-electron chi connectivity index (χ0n) is 10.2. The molecule has 0 bridgehead atoms. The van der Waals surface area contributed by atoms with Crippen LogP contribution in [0.25, 0.3) is 0 Å². The molecule has 1 aliphatic rings. The molecule has 1 fully saturated rings. The molecule has 1 aromatic carbocycles. The van der Waals surface area contributed by atoms with Crippen molar-refractivity contribution < 1.29 is 18.3 Å². The first-order valence-corrected chi connectivity index (χ1v) is 7.24. The van der Waals surface area contributed by atoms with E-state index in [0.717, 1.165) is 0 Å². The standard InChI is InChI=1S/C12H17NO4S/c1-17-11-7-10(9-14)13(8-11)18(15,16)12-5-3-2-4-6-12/h2-6,10-11,14H,7-9H2,1H3/t10-,11-/m0/s1. The molecule has 1 saturated heterocycles. The van der Waals surface area contributed by atoms with E-state index in [4.69, 9.17) is 4.74 Å². The van der Waals surface area contributed by atoms with Gasteiger partial charge in [-0.05, 0) is 18.6 Å². The van der Waals surface area contributed by atoms with Crippen molar-refractivity contribution in [2.24, 2.45) is 0 Å². The first-order chi connectivity index (χ1) is 8.59. The molecule has 1 aromatic rings. The summed E-state index contributed by atoms with van der Waals surface area (Å²) in [6.07, 6.45) is 0.375. The van der Waals surface area contributed by atoms with E-state index in [1.54, 1.807) is 37.4 Å². The number of hydrogen-bond donors (Lipinski definition) is 1. The van der Waals surface area contributed by atoms with Crippen molar-refractivity contribution in [2.75, 3.05) is 20.3 Å². The number of hydrogen-bond acceptors (Lipinski definition) is 4. The molecule has 0 saturated carbocycles. The predicted molar refractivity (Wildman–Crippen MR) is 66.6 cm³/mol. The lowest BCUT2D eigenvalue weighted by atomic mass is 10.2. The summed E-state index contributed by atoms with van der Waals surface area (Å²) in [7, 11) is -2.00. The van der Waals surface area contributed by atoms with Crippen LogP contribution in [0.1, 0.15) is 6.42 Å². The minimum Gasteiger partial charge on any atom is -0.395 e. The molecule has 5 nitrogen and oxygen atoms in total. The Morgan fingerprint density at radius 3 is 2.61 bits per heavy atom. The van der Waals surface area contributed by atoms with E-state index in [-0.39, 0.29) is 17.6 Å². The van der Waals surface area contributed by atoms with Crippen LogP contribution in [0.4, 0.5) is 0 Å². The normalized spacial score (nSPS) is 25.4. The number of aliphatic hydroxyl groups is 1. The molecule has 0 spiro atoms. The van der Waals surface area contributed by atoms with E-state index in [1.165, 1.54) is 4.31 Å². The topological polar surface area (TPSA) is 66.8 Å². The minimum absolute atomic E-state index is 0.152. The van der Waals surface area contributed by atoms with Crippen LogP contribution in [0, 0.1) is 0 Å². The van der Waals surface area contributed by atoms with E-state index in [2.05, 4.69) is 0 Å². The van der Waals surface area contributed by atoms with E-state index >= 15 is 0 Å². The third-order valence-corrected chi connectivity index (χ3v) is 5.15. The highest BCUT2D eigenvalue weighted by Gasteiger charge is 2.39. The zero-order valence-corrected chi connectivity index (χ0v) is 11.0. The highest BCUT2D eigenvalue weighted by Crippen LogP contribution is 2.27. The summed E-state index contributed by atoms with van der Waals surface area (Å²) >= 11 is 0. The van der Waals surface area contributed by atoms with Gasteiger partial charge in [0.05, 0.1) is 23.6 Å². The zero-order chi connectivity index (χ0) is 13.2. The van der Waals surface area contributed by atoms with Crippen LogP contribution in [-0.4, -0.2) is 50.2 Å². The second-order valence-corrected chi connectivity index (χ2v) is 6.21. The maximum atomic E-state index is 12.4. The third-order valence-electron chi connectivity index (χ3n) is 3.22. The van der Waals surface area contributed by atoms with Gasteiger partial charge in [0.1, 0.15) is 0 Å². The lowest BCUT2D eigenvalue weighted by molar-refractivity contribution is 0.113. The predicted octanol–water partition coefficient (Wildman–Crippen LogP) is 0.457.